The quantitative estimate of drug-likeness (QED) is 0.574. The summed E-state index contributed by atoms with van der Waals surface area (Å²) in [6.45, 7) is 3.77. The topological polar surface area (TPSA) is 49.4 Å². The fraction of sp³-hybridized carbons (Fsp3) is 0.750. The molecule has 3 amide bonds. The van der Waals surface area contributed by atoms with Gasteiger partial charge in [-0.05, 0) is 19.3 Å². The molecule has 2 fully saturated rings. The van der Waals surface area contributed by atoms with Gasteiger partial charge in [-0.3, -0.25) is 9.69 Å². The van der Waals surface area contributed by atoms with Crippen molar-refractivity contribution in [1.82, 2.24) is 10.2 Å². The van der Waals surface area contributed by atoms with Crippen LogP contribution in [0.4, 0.5) is 4.79 Å². The molecule has 0 bridgehead atoms. The van der Waals surface area contributed by atoms with Gasteiger partial charge in [-0.25, -0.2) is 4.79 Å². The number of rotatable bonds is 1. The molecule has 1 heterocycles. The van der Waals surface area contributed by atoms with Crippen LogP contribution in [-0.4, -0.2) is 28.9 Å². The fourth-order valence-electron chi connectivity index (χ4n) is 1.60. The summed E-state index contributed by atoms with van der Waals surface area (Å²) in [5.41, 5.74) is 0. The number of urea groups is 1. The van der Waals surface area contributed by atoms with E-state index in [9.17, 15) is 9.59 Å². The average molecular weight is 168 g/mol. The summed E-state index contributed by atoms with van der Waals surface area (Å²) in [4.78, 5) is 24.0. The van der Waals surface area contributed by atoms with Gasteiger partial charge in [0.05, 0.1) is 0 Å². The monoisotopic (exact) mass is 168 g/mol. The van der Waals surface area contributed by atoms with Crippen molar-refractivity contribution in [2.45, 2.75) is 32.4 Å². The number of hydrogen-bond donors (Lipinski definition) is 1. The number of carbonyl (C=O) groups excluding carboxylic acids is 2. The molecule has 2 rings (SSSR count). The Kier molecular flexibility index (Phi) is 1.40. The highest BCUT2D eigenvalue weighted by molar-refractivity contribution is 6.04. The van der Waals surface area contributed by atoms with E-state index in [1.165, 1.54) is 4.90 Å². The van der Waals surface area contributed by atoms with Gasteiger partial charge in [0.15, 0.2) is 0 Å². The van der Waals surface area contributed by atoms with Crippen LogP contribution < -0.4 is 5.32 Å². The van der Waals surface area contributed by atoms with Crippen LogP contribution in [0.2, 0.25) is 0 Å². The first-order chi connectivity index (χ1) is 5.61. The summed E-state index contributed by atoms with van der Waals surface area (Å²) in [5, 5.41) is 2.60. The summed E-state index contributed by atoms with van der Waals surface area (Å²) in [7, 11) is 0. The van der Waals surface area contributed by atoms with Gasteiger partial charge in [-0.2, -0.15) is 0 Å². The van der Waals surface area contributed by atoms with E-state index in [-0.39, 0.29) is 24.0 Å². The lowest BCUT2D eigenvalue weighted by molar-refractivity contribution is -0.127. The van der Waals surface area contributed by atoms with Crippen LogP contribution >= 0.6 is 0 Å². The van der Waals surface area contributed by atoms with Gasteiger partial charge in [-0.1, -0.05) is 6.92 Å². The van der Waals surface area contributed by atoms with Crippen molar-refractivity contribution in [2.75, 3.05) is 0 Å². The minimum atomic E-state index is -0.328. The molecule has 3 unspecified atom stereocenters. The number of nitrogens with one attached hydrogen (secondary N) is 1. The van der Waals surface area contributed by atoms with E-state index in [0.29, 0.717) is 5.92 Å². The van der Waals surface area contributed by atoms with Crippen LogP contribution in [0.1, 0.15) is 20.3 Å². The minimum absolute atomic E-state index is 0.0747. The SMILES string of the molecule is CC1NC(=O)N(C2CC2C)C1=O. The zero-order chi connectivity index (χ0) is 8.88. The first-order valence-corrected chi connectivity index (χ1v) is 4.25. The van der Waals surface area contributed by atoms with E-state index >= 15 is 0 Å². The molecular weight excluding hydrogens is 156 g/mol. The third kappa shape index (κ3) is 0.906. The molecule has 0 spiro atoms. The summed E-state index contributed by atoms with van der Waals surface area (Å²) in [6.07, 6.45) is 0.964. The van der Waals surface area contributed by atoms with Crippen molar-refractivity contribution in [3.05, 3.63) is 0 Å². The maximum absolute atomic E-state index is 11.4. The van der Waals surface area contributed by atoms with Gasteiger partial charge in [0.1, 0.15) is 6.04 Å². The number of imide groups is 1. The van der Waals surface area contributed by atoms with Crippen molar-refractivity contribution >= 4 is 11.9 Å². The van der Waals surface area contributed by atoms with E-state index < -0.39 is 0 Å². The third-order valence-corrected chi connectivity index (χ3v) is 2.57. The second-order valence-electron chi connectivity index (χ2n) is 3.66. The van der Waals surface area contributed by atoms with E-state index in [0.717, 1.165) is 6.42 Å². The van der Waals surface area contributed by atoms with E-state index in [1.807, 2.05) is 6.92 Å². The Labute approximate surface area is 70.9 Å². The molecule has 4 heteroatoms. The van der Waals surface area contributed by atoms with Crippen LogP contribution in [0.3, 0.4) is 0 Å². The molecule has 1 saturated heterocycles. The highest BCUT2D eigenvalue weighted by atomic mass is 16.2. The standard InChI is InChI=1S/C8H12N2O2/c1-4-3-6(4)10-7(11)5(2)9-8(10)12/h4-6H,3H2,1-2H3,(H,9,12). The molecule has 2 aliphatic rings. The van der Waals surface area contributed by atoms with E-state index in [4.69, 9.17) is 0 Å². The third-order valence-electron chi connectivity index (χ3n) is 2.57. The van der Waals surface area contributed by atoms with Crippen molar-refractivity contribution in [1.29, 1.82) is 0 Å². The predicted octanol–water partition coefficient (Wildman–Crippen LogP) is 0.335. The van der Waals surface area contributed by atoms with Crippen LogP contribution in [0.25, 0.3) is 0 Å². The largest absolute Gasteiger partial charge is 0.326 e. The molecule has 0 aromatic carbocycles. The number of carbonyl (C=O) groups is 2. The van der Waals surface area contributed by atoms with Gasteiger partial charge in [-0.15, -0.1) is 0 Å². The fourth-order valence-corrected chi connectivity index (χ4v) is 1.60. The highest BCUT2D eigenvalue weighted by Gasteiger charge is 2.48. The summed E-state index contributed by atoms with van der Waals surface area (Å²) in [5.74, 6) is 0.416. The van der Waals surface area contributed by atoms with Crippen molar-refractivity contribution in [3.8, 4) is 0 Å². The van der Waals surface area contributed by atoms with Crippen molar-refractivity contribution in [2.24, 2.45) is 5.92 Å². The second kappa shape index (κ2) is 2.21. The molecule has 3 atom stereocenters. The summed E-state index contributed by atoms with van der Waals surface area (Å²) < 4.78 is 0. The minimum Gasteiger partial charge on any atom is -0.326 e. The molecule has 12 heavy (non-hydrogen) atoms. The van der Waals surface area contributed by atoms with Crippen molar-refractivity contribution < 1.29 is 9.59 Å². The normalized spacial score (nSPS) is 40.2. The van der Waals surface area contributed by atoms with Gasteiger partial charge in [0, 0.05) is 6.04 Å². The van der Waals surface area contributed by atoms with Crippen LogP contribution in [-0.2, 0) is 4.79 Å². The van der Waals surface area contributed by atoms with Crippen LogP contribution in [0.5, 0.6) is 0 Å². The molecule has 0 aromatic heterocycles. The van der Waals surface area contributed by atoms with Crippen molar-refractivity contribution in [3.63, 3.8) is 0 Å². The molecule has 4 nitrogen and oxygen atoms in total. The zero-order valence-corrected chi connectivity index (χ0v) is 7.20. The number of nitrogens with zero attached hydrogens (tertiary/aromatic N) is 1. The molecule has 1 N–H and O–H groups in total. The molecular formula is C8H12N2O2. The molecule has 1 aliphatic heterocycles. The first-order valence-electron chi connectivity index (χ1n) is 4.25. The highest BCUT2D eigenvalue weighted by Crippen LogP contribution is 2.36. The molecule has 1 aliphatic carbocycles. The van der Waals surface area contributed by atoms with Crippen LogP contribution in [0, 0.1) is 5.92 Å². The maximum Gasteiger partial charge on any atom is 0.325 e. The predicted molar refractivity (Wildman–Crippen MR) is 42.4 cm³/mol. The Bertz CT molecular complexity index is 251. The average Bonchev–Trinajstić information content (AvgIpc) is 2.61. The smallest absolute Gasteiger partial charge is 0.325 e. The molecule has 66 valence electrons. The molecule has 0 radical (unpaired) electrons. The first kappa shape index (κ1) is 7.58. The van der Waals surface area contributed by atoms with Gasteiger partial charge >= 0.3 is 6.03 Å². The molecule has 1 saturated carbocycles. The number of amides is 3. The Morgan fingerprint density at radius 1 is 1.42 bits per heavy atom. The Balaban J connectivity index is 2.14. The van der Waals surface area contributed by atoms with Gasteiger partial charge < -0.3 is 5.32 Å². The Hall–Kier alpha value is -1.06. The summed E-state index contributed by atoms with van der Waals surface area (Å²) in [6, 6.07) is -0.380. The zero-order valence-electron chi connectivity index (χ0n) is 7.20. The Morgan fingerprint density at radius 2 is 2.00 bits per heavy atom. The van der Waals surface area contributed by atoms with E-state index in [1.54, 1.807) is 6.92 Å². The summed E-state index contributed by atoms with van der Waals surface area (Å²) >= 11 is 0. The van der Waals surface area contributed by atoms with Gasteiger partial charge in [0.25, 0.3) is 5.91 Å². The second-order valence-corrected chi connectivity index (χ2v) is 3.66. The lowest BCUT2D eigenvalue weighted by Gasteiger charge is -2.10. The maximum atomic E-state index is 11.4. The van der Waals surface area contributed by atoms with Gasteiger partial charge in [0.2, 0.25) is 0 Å². The Morgan fingerprint density at radius 3 is 2.33 bits per heavy atom. The van der Waals surface area contributed by atoms with E-state index in [2.05, 4.69) is 5.32 Å². The number of hydrogen-bond acceptors (Lipinski definition) is 2. The van der Waals surface area contributed by atoms with Crippen LogP contribution in [0.15, 0.2) is 0 Å². The lowest BCUT2D eigenvalue weighted by Crippen LogP contribution is -2.34. The lowest BCUT2D eigenvalue weighted by atomic mass is 10.3. The molecule has 0 aromatic rings.